The van der Waals surface area contributed by atoms with Gasteiger partial charge in [0.05, 0.1) is 5.56 Å². The quantitative estimate of drug-likeness (QED) is 0.698. The molecular formula is C20H25NO2S. The number of carbonyl (C=O) groups excluding carboxylic acids is 1. The number of rotatable bonds is 7. The van der Waals surface area contributed by atoms with E-state index >= 15 is 0 Å². The van der Waals surface area contributed by atoms with Crippen LogP contribution >= 0.6 is 11.3 Å². The number of benzene rings is 1. The number of fused-ring (bicyclic) bond motifs is 1. The fraction of sp³-hybridized carbons (Fsp3) is 0.450. The Balaban J connectivity index is 1.83. The molecule has 0 N–H and O–H groups in total. The first-order valence-electron chi connectivity index (χ1n) is 8.80. The van der Waals surface area contributed by atoms with Gasteiger partial charge in [-0.1, -0.05) is 26.0 Å². The highest BCUT2D eigenvalue weighted by molar-refractivity contribution is 7.08. The van der Waals surface area contributed by atoms with Gasteiger partial charge in [-0.3, -0.25) is 9.69 Å². The van der Waals surface area contributed by atoms with E-state index in [1.54, 1.807) is 11.3 Å². The van der Waals surface area contributed by atoms with E-state index < -0.39 is 0 Å². The lowest BCUT2D eigenvalue weighted by Crippen LogP contribution is -2.44. The fourth-order valence-corrected chi connectivity index (χ4v) is 4.06. The molecule has 1 aromatic heterocycles. The second-order valence-electron chi connectivity index (χ2n) is 6.34. The zero-order chi connectivity index (χ0) is 16.9. The summed E-state index contributed by atoms with van der Waals surface area (Å²) in [6.07, 6.45) is 3.26. The molecule has 0 saturated carbocycles. The van der Waals surface area contributed by atoms with E-state index in [0.29, 0.717) is 18.2 Å². The van der Waals surface area contributed by atoms with Gasteiger partial charge in [-0.25, -0.2) is 0 Å². The van der Waals surface area contributed by atoms with E-state index in [2.05, 4.69) is 24.8 Å². The third-order valence-corrected chi connectivity index (χ3v) is 5.22. The molecule has 3 rings (SSSR count). The summed E-state index contributed by atoms with van der Waals surface area (Å²) >= 11 is 1.55. The summed E-state index contributed by atoms with van der Waals surface area (Å²) in [6, 6.07) is 8.25. The largest absolute Gasteiger partial charge is 0.491 e. The van der Waals surface area contributed by atoms with Crippen molar-refractivity contribution < 1.29 is 9.53 Å². The SMILES string of the molecule is CCCN(CCC)C1COc2c(cccc2C(=O)c2ccsc2)C1. The van der Waals surface area contributed by atoms with Gasteiger partial charge in [0.15, 0.2) is 5.78 Å². The molecule has 0 amide bonds. The number of carbonyl (C=O) groups is 1. The Morgan fingerprint density at radius 2 is 2.04 bits per heavy atom. The average molecular weight is 343 g/mol. The van der Waals surface area contributed by atoms with Crippen molar-refractivity contribution in [3.63, 3.8) is 0 Å². The molecule has 0 spiro atoms. The molecule has 0 fully saturated rings. The van der Waals surface area contributed by atoms with E-state index in [1.807, 2.05) is 29.0 Å². The van der Waals surface area contributed by atoms with Gasteiger partial charge in [-0.05, 0) is 55.4 Å². The summed E-state index contributed by atoms with van der Waals surface area (Å²) in [7, 11) is 0. The van der Waals surface area contributed by atoms with Crippen LogP contribution < -0.4 is 4.74 Å². The number of ether oxygens (including phenoxy) is 1. The summed E-state index contributed by atoms with van der Waals surface area (Å²) in [5.41, 5.74) is 2.60. The summed E-state index contributed by atoms with van der Waals surface area (Å²) in [5, 5.41) is 3.84. The minimum atomic E-state index is 0.0607. The third-order valence-electron chi connectivity index (χ3n) is 4.54. The van der Waals surface area contributed by atoms with Gasteiger partial charge >= 0.3 is 0 Å². The van der Waals surface area contributed by atoms with Crippen LogP contribution in [0.15, 0.2) is 35.0 Å². The molecule has 1 aromatic carbocycles. The van der Waals surface area contributed by atoms with Crippen LogP contribution in [0.1, 0.15) is 48.2 Å². The van der Waals surface area contributed by atoms with Gasteiger partial charge in [0.1, 0.15) is 12.4 Å². The Morgan fingerprint density at radius 3 is 2.71 bits per heavy atom. The van der Waals surface area contributed by atoms with Crippen molar-refractivity contribution in [2.45, 2.75) is 39.2 Å². The van der Waals surface area contributed by atoms with Crippen molar-refractivity contribution in [1.82, 2.24) is 4.90 Å². The smallest absolute Gasteiger partial charge is 0.197 e. The summed E-state index contributed by atoms with van der Waals surface area (Å²) in [5.74, 6) is 0.850. The van der Waals surface area contributed by atoms with Crippen LogP contribution in [0.3, 0.4) is 0 Å². The maximum atomic E-state index is 12.7. The molecule has 1 atom stereocenters. The zero-order valence-corrected chi connectivity index (χ0v) is 15.3. The van der Waals surface area contributed by atoms with Gasteiger partial charge in [-0.2, -0.15) is 11.3 Å². The first-order chi connectivity index (χ1) is 11.7. The highest BCUT2D eigenvalue weighted by Gasteiger charge is 2.28. The van der Waals surface area contributed by atoms with Crippen LogP contribution in [-0.2, 0) is 6.42 Å². The number of hydrogen-bond donors (Lipinski definition) is 0. The van der Waals surface area contributed by atoms with Gasteiger partial charge < -0.3 is 4.74 Å². The number of para-hydroxylation sites is 1. The molecule has 0 bridgehead atoms. The second-order valence-corrected chi connectivity index (χ2v) is 7.12. The monoisotopic (exact) mass is 343 g/mol. The highest BCUT2D eigenvalue weighted by Crippen LogP contribution is 2.32. The fourth-order valence-electron chi connectivity index (χ4n) is 3.42. The van der Waals surface area contributed by atoms with E-state index in [0.717, 1.165) is 49.2 Å². The van der Waals surface area contributed by atoms with Crippen LogP contribution in [0.25, 0.3) is 0 Å². The molecule has 1 unspecified atom stereocenters. The molecule has 0 saturated heterocycles. The Bertz CT molecular complexity index is 675. The predicted octanol–water partition coefficient (Wildman–Crippen LogP) is 4.40. The number of nitrogens with zero attached hydrogens (tertiary/aromatic N) is 1. The summed E-state index contributed by atoms with van der Waals surface area (Å²) in [6.45, 7) is 7.31. The Kier molecular flexibility index (Phi) is 5.69. The van der Waals surface area contributed by atoms with E-state index in [4.69, 9.17) is 4.74 Å². The van der Waals surface area contributed by atoms with Gasteiger partial charge in [-0.15, -0.1) is 0 Å². The Morgan fingerprint density at radius 1 is 1.25 bits per heavy atom. The molecule has 0 aliphatic carbocycles. The molecule has 3 nitrogen and oxygen atoms in total. The minimum Gasteiger partial charge on any atom is -0.491 e. The molecule has 2 heterocycles. The third kappa shape index (κ3) is 3.55. The van der Waals surface area contributed by atoms with Crippen molar-refractivity contribution in [3.05, 3.63) is 51.7 Å². The van der Waals surface area contributed by atoms with Gasteiger partial charge in [0.25, 0.3) is 0 Å². The number of thiophene rings is 1. The van der Waals surface area contributed by atoms with Gasteiger partial charge in [0, 0.05) is 17.0 Å². The van der Waals surface area contributed by atoms with Crippen LogP contribution in [-0.4, -0.2) is 36.4 Å². The van der Waals surface area contributed by atoms with Crippen molar-refractivity contribution in [2.75, 3.05) is 19.7 Å². The van der Waals surface area contributed by atoms with E-state index in [-0.39, 0.29) is 5.78 Å². The standard InChI is InChI=1S/C20H25NO2S/c1-3-9-21(10-4-2)17-12-15-6-5-7-18(20(15)23-13-17)19(22)16-8-11-24-14-16/h5-8,11,14,17H,3-4,9-10,12-13H2,1-2H3. The molecule has 4 heteroatoms. The topological polar surface area (TPSA) is 29.5 Å². The normalized spacial score (nSPS) is 16.7. The number of ketones is 1. The molecular weight excluding hydrogens is 318 g/mol. The van der Waals surface area contributed by atoms with E-state index in [1.165, 1.54) is 0 Å². The van der Waals surface area contributed by atoms with Crippen molar-refractivity contribution in [1.29, 1.82) is 0 Å². The number of hydrogen-bond acceptors (Lipinski definition) is 4. The first-order valence-corrected chi connectivity index (χ1v) is 9.74. The maximum absolute atomic E-state index is 12.7. The summed E-state index contributed by atoms with van der Waals surface area (Å²) < 4.78 is 6.10. The lowest BCUT2D eigenvalue weighted by molar-refractivity contribution is 0.101. The lowest BCUT2D eigenvalue weighted by atomic mass is 9.95. The Hall–Kier alpha value is -1.65. The average Bonchev–Trinajstić information content (AvgIpc) is 3.14. The highest BCUT2D eigenvalue weighted by atomic mass is 32.1. The molecule has 1 aliphatic rings. The minimum absolute atomic E-state index is 0.0607. The lowest BCUT2D eigenvalue weighted by Gasteiger charge is -2.35. The van der Waals surface area contributed by atoms with Gasteiger partial charge in [0.2, 0.25) is 0 Å². The molecule has 128 valence electrons. The Labute approximate surface area is 148 Å². The van der Waals surface area contributed by atoms with Crippen LogP contribution in [0.4, 0.5) is 0 Å². The van der Waals surface area contributed by atoms with Crippen LogP contribution in [0.5, 0.6) is 5.75 Å². The van der Waals surface area contributed by atoms with E-state index in [9.17, 15) is 4.79 Å². The van der Waals surface area contributed by atoms with Crippen LogP contribution in [0.2, 0.25) is 0 Å². The van der Waals surface area contributed by atoms with Crippen molar-refractivity contribution in [3.8, 4) is 5.75 Å². The van der Waals surface area contributed by atoms with Crippen molar-refractivity contribution in [2.24, 2.45) is 0 Å². The molecule has 1 aliphatic heterocycles. The zero-order valence-electron chi connectivity index (χ0n) is 14.5. The van der Waals surface area contributed by atoms with Crippen LogP contribution in [0, 0.1) is 0 Å². The maximum Gasteiger partial charge on any atom is 0.197 e. The predicted molar refractivity (Wildman–Crippen MR) is 99.3 cm³/mol. The molecule has 2 aromatic rings. The second kappa shape index (κ2) is 7.95. The molecule has 0 radical (unpaired) electrons. The summed E-state index contributed by atoms with van der Waals surface area (Å²) in [4.78, 5) is 15.2. The molecule has 24 heavy (non-hydrogen) atoms. The van der Waals surface area contributed by atoms with Crippen molar-refractivity contribution >= 4 is 17.1 Å². The first kappa shape index (κ1) is 17.2.